The molecular weight excluding hydrogens is 480 g/mol. The molecule has 8 heteroatoms. The molecule has 4 nitrogen and oxygen atoms in total. The summed E-state index contributed by atoms with van der Waals surface area (Å²) >= 11 is 24.1. The highest BCUT2D eigenvalue weighted by Crippen LogP contribution is 2.38. The van der Waals surface area contributed by atoms with E-state index in [4.69, 9.17) is 55.9 Å². The van der Waals surface area contributed by atoms with Crippen molar-refractivity contribution < 1.29 is 14.3 Å². The number of halogens is 4. The summed E-state index contributed by atoms with van der Waals surface area (Å²) in [5.41, 5.74) is 1.50. The zero-order valence-electron chi connectivity index (χ0n) is 16.7. The van der Waals surface area contributed by atoms with E-state index in [9.17, 15) is 4.79 Å². The average Bonchev–Trinajstić information content (AvgIpc) is 2.75. The van der Waals surface area contributed by atoms with E-state index >= 15 is 0 Å². The third kappa shape index (κ3) is 5.83. The van der Waals surface area contributed by atoms with Gasteiger partial charge in [0.1, 0.15) is 17.4 Å². The van der Waals surface area contributed by atoms with E-state index in [1.54, 1.807) is 30.3 Å². The summed E-state index contributed by atoms with van der Waals surface area (Å²) in [6.45, 7) is 3.95. The van der Waals surface area contributed by atoms with Crippen molar-refractivity contribution in [1.82, 2.24) is 4.98 Å². The van der Waals surface area contributed by atoms with Gasteiger partial charge in [-0.3, -0.25) is 4.79 Å². The average molecular weight is 499 g/mol. The normalized spacial score (nSPS) is 12.0. The minimum atomic E-state index is -0.420. The highest BCUT2D eigenvalue weighted by Gasteiger charge is 2.26. The fraction of sp³-hybridized carbons (Fsp3) is 0.217. The summed E-state index contributed by atoms with van der Waals surface area (Å²) in [6, 6.07) is 14.3. The van der Waals surface area contributed by atoms with Gasteiger partial charge in [0.15, 0.2) is 0 Å². The van der Waals surface area contributed by atoms with Gasteiger partial charge in [0.2, 0.25) is 5.88 Å². The van der Waals surface area contributed by atoms with Crippen molar-refractivity contribution in [2.45, 2.75) is 26.4 Å². The number of rotatable bonds is 7. The second kappa shape index (κ2) is 10.6. The van der Waals surface area contributed by atoms with Crippen LogP contribution in [0, 0.1) is 5.92 Å². The first kappa shape index (κ1) is 23.7. The van der Waals surface area contributed by atoms with Crippen LogP contribution in [-0.2, 0) is 16.1 Å². The van der Waals surface area contributed by atoms with Crippen LogP contribution in [0.1, 0.15) is 30.9 Å². The Morgan fingerprint density at radius 1 is 0.968 bits per heavy atom. The van der Waals surface area contributed by atoms with Gasteiger partial charge in [-0.15, -0.1) is 0 Å². The number of carbonyl (C=O) groups is 1. The monoisotopic (exact) mass is 497 g/mol. The molecule has 162 valence electrons. The minimum Gasteiger partial charge on any atom is -0.460 e. The summed E-state index contributed by atoms with van der Waals surface area (Å²) in [4.78, 5) is 17.0. The lowest BCUT2D eigenvalue weighted by Crippen LogP contribution is -2.21. The van der Waals surface area contributed by atoms with Gasteiger partial charge in [0, 0.05) is 10.6 Å². The number of hydrogen-bond acceptors (Lipinski definition) is 4. The first-order valence-electron chi connectivity index (χ1n) is 9.45. The molecule has 0 bridgehead atoms. The predicted octanol–water partition coefficient (Wildman–Crippen LogP) is 7.97. The van der Waals surface area contributed by atoms with Crippen molar-refractivity contribution in [2.75, 3.05) is 0 Å². The highest BCUT2D eigenvalue weighted by atomic mass is 35.5. The summed E-state index contributed by atoms with van der Waals surface area (Å²) in [5.74, 6) is -0.166. The fourth-order valence-corrected chi connectivity index (χ4v) is 3.66. The van der Waals surface area contributed by atoms with Crippen LogP contribution in [0.2, 0.25) is 20.1 Å². The largest absolute Gasteiger partial charge is 0.460 e. The van der Waals surface area contributed by atoms with Crippen molar-refractivity contribution in [2.24, 2.45) is 5.92 Å². The maximum atomic E-state index is 12.9. The summed E-state index contributed by atoms with van der Waals surface area (Å²) in [7, 11) is 0. The van der Waals surface area contributed by atoms with Crippen LogP contribution >= 0.6 is 46.4 Å². The molecule has 0 saturated carbocycles. The molecule has 0 saturated heterocycles. The lowest BCUT2D eigenvalue weighted by molar-refractivity contribution is -0.148. The van der Waals surface area contributed by atoms with E-state index in [2.05, 4.69) is 4.98 Å². The van der Waals surface area contributed by atoms with E-state index in [-0.39, 0.29) is 39.4 Å². The number of benzene rings is 2. The molecule has 1 aromatic heterocycles. The Kier molecular flexibility index (Phi) is 8.06. The van der Waals surface area contributed by atoms with Crippen LogP contribution in [0.4, 0.5) is 0 Å². The van der Waals surface area contributed by atoms with E-state index in [0.29, 0.717) is 16.3 Å². The van der Waals surface area contributed by atoms with Crippen molar-refractivity contribution in [3.05, 3.63) is 85.9 Å². The van der Waals surface area contributed by atoms with Gasteiger partial charge in [-0.1, -0.05) is 90.6 Å². The number of esters is 1. The predicted molar refractivity (Wildman–Crippen MR) is 125 cm³/mol. The molecule has 0 aliphatic heterocycles. The molecule has 0 aliphatic rings. The maximum absolute atomic E-state index is 12.9. The Labute approximate surface area is 201 Å². The second-order valence-corrected chi connectivity index (χ2v) is 8.73. The number of carbonyl (C=O) groups excluding carboxylic acids is 1. The van der Waals surface area contributed by atoms with Crippen molar-refractivity contribution >= 4 is 52.4 Å². The van der Waals surface area contributed by atoms with Crippen molar-refractivity contribution in [3.8, 4) is 11.6 Å². The number of aromatic nitrogens is 1. The summed E-state index contributed by atoms with van der Waals surface area (Å²) in [5, 5.41) is 1.09. The van der Waals surface area contributed by atoms with E-state index in [1.807, 2.05) is 32.0 Å². The van der Waals surface area contributed by atoms with E-state index < -0.39 is 5.92 Å². The molecule has 0 aliphatic carbocycles. The third-order valence-corrected chi connectivity index (χ3v) is 6.06. The van der Waals surface area contributed by atoms with E-state index in [1.165, 1.54) is 6.20 Å². The molecule has 3 aromatic rings. The zero-order chi connectivity index (χ0) is 22.5. The Bertz CT molecular complexity index is 1070. The van der Waals surface area contributed by atoms with Gasteiger partial charge in [0.05, 0.1) is 22.2 Å². The SMILES string of the molecule is CC(C)C(C(=O)OCc1ccccc1Oc1ncc(Cl)c(Cl)c1Cl)c1ccc(Cl)cc1. The molecule has 31 heavy (non-hydrogen) atoms. The Hall–Kier alpha value is -1.98. The molecule has 1 heterocycles. The standard InChI is InChI=1S/C23H19Cl4NO3/c1-13(2)19(14-7-9-16(24)10-8-14)23(29)30-12-15-5-3-4-6-18(15)31-22-21(27)20(26)17(25)11-28-22/h3-11,13,19H,12H2,1-2H3. The number of nitrogens with zero attached hydrogens (tertiary/aromatic N) is 1. The van der Waals surface area contributed by atoms with Crippen LogP contribution in [0.3, 0.4) is 0 Å². The number of hydrogen-bond donors (Lipinski definition) is 0. The van der Waals surface area contributed by atoms with Crippen LogP contribution in [0.25, 0.3) is 0 Å². The zero-order valence-corrected chi connectivity index (χ0v) is 19.8. The lowest BCUT2D eigenvalue weighted by Gasteiger charge is -2.20. The van der Waals surface area contributed by atoms with Gasteiger partial charge in [-0.25, -0.2) is 4.98 Å². The van der Waals surface area contributed by atoms with Crippen LogP contribution in [0.5, 0.6) is 11.6 Å². The molecule has 1 unspecified atom stereocenters. The summed E-state index contributed by atoms with van der Waals surface area (Å²) < 4.78 is 11.5. The highest BCUT2D eigenvalue weighted by molar-refractivity contribution is 6.48. The number of para-hydroxylation sites is 1. The van der Waals surface area contributed by atoms with Gasteiger partial charge in [0.25, 0.3) is 0 Å². The first-order chi connectivity index (χ1) is 14.8. The van der Waals surface area contributed by atoms with Crippen LogP contribution < -0.4 is 4.74 Å². The van der Waals surface area contributed by atoms with Gasteiger partial charge in [-0.2, -0.15) is 0 Å². The van der Waals surface area contributed by atoms with Crippen molar-refractivity contribution in [1.29, 1.82) is 0 Å². The molecule has 0 amide bonds. The molecule has 2 aromatic carbocycles. The van der Waals surface area contributed by atoms with Crippen molar-refractivity contribution in [3.63, 3.8) is 0 Å². The van der Waals surface area contributed by atoms with Crippen LogP contribution in [-0.4, -0.2) is 11.0 Å². The fourth-order valence-electron chi connectivity index (χ4n) is 3.03. The van der Waals surface area contributed by atoms with E-state index in [0.717, 1.165) is 5.56 Å². The molecule has 3 rings (SSSR count). The minimum absolute atomic E-state index is 0.0186. The topological polar surface area (TPSA) is 48.4 Å². The lowest BCUT2D eigenvalue weighted by atomic mass is 9.88. The molecule has 0 fully saturated rings. The maximum Gasteiger partial charge on any atom is 0.314 e. The number of ether oxygens (including phenoxy) is 2. The molecule has 0 spiro atoms. The Morgan fingerprint density at radius 2 is 1.65 bits per heavy atom. The Morgan fingerprint density at radius 3 is 2.32 bits per heavy atom. The Balaban J connectivity index is 1.77. The van der Waals surface area contributed by atoms with Crippen LogP contribution in [0.15, 0.2) is 54.7 Å². The van der Waals surface area contributed by atoms with Gasteiger partial charge < -0.3 is 9.47 Å². The van der Waals surface area contributed by atoms with Gasteiger partial charge >= 0.3 is 5.97 Å². The molecule has 0 radical (unpaired) electrons. The molecule has 1 atom stereocenters. The smallest absolute Gasteiger partial charge is 0.314 e. The van der Waals surface area contributed by atoms with Gasteiger partial charge in [-0.05, 0) is 29.7 Å². The quantitative estimate of drug-likeness (QED) is 0.310. The molecule has 0 N–H and O–H groups in total. The first-order valence-corrected chi connectivity index (χ1v) is 11.0. The number of pyridine rings is 1. The summed E-state index contributed by atoms with van der Waals surface area (Å²) in [6.07, 6.45) is 1.35. The molecular formula is C23H19Cl4NO3. The third-order valence-electron chi connectivity index (χ3n) is 4.58. The second-order valence-electron chi connectivity index (χ2n) is 7.13.